The molecule has 3 aromatic rings. The van der Waals surface area contributed by atoms with Gasteiger partial charge in [-0.15, -0.1) is 0 Å². The van der Waals surface area contributed by atoms with Gasteiger partial charge in [-0.2, -0.15) is 13.1 Å². The molecule has 1 aliphatic heterocycles. The number of carbonyl (C=O) groups is 1. The molecule has 4 rings (SSSR count). The maximum Gasteiger partial charge on any atom is 0.245 e. The Kier molecular flexibility index (Phi) is 6.04. The second-order valence-corrected chi connectivity index (χ2v) is 9.41. The zero-order chi connectivity index (χ0) is 21.1. The quantitative estimate of drug-likeness (QED) is 0.641. The molecule has 2 aromatic carbocycles. The number of hydrogen-bond donors (Lipinski definition) is 1. The standard InChI is InChI=1S/C19H20FN5O3S2/c20-14-5-7-15(8-6-14)21-18(26)13-24-9-2-10-25(12-11-24)30(27,28)17-4-1-3-16-19(17)23-29-22-16/h1,3-8H,2,9-13H2,(H,21,26). The minimum absolute atomic E-state index is 0.136. The SMILES string of the molecule is O=C(CN1CCCN(S(=O)(=O)c2cccc3nsnc23)CC1)Nc1ccc(F)cc1. The fraction of sp³-hybridized carbons (Fsp3) is 0.316. The number of anilines is 1. The van der Waals surface area contributed by atoms with Gasteiger partial charge in [0, 0.05) is 25.3 Å². The Morgan fingerprint density at radius 3 is 2.67 bits per heavy atom. The molecule has 2 heterocycles. The number of nitrogens with one attached hydrogen (secondary N) is 1. The number of aromatic nitrogens is 2. The molecule has 1 aliphatic rings. The number of amides is 1. The van der Waals surface area contributed by atoms with E-state index in [0.717, 1.165) is 11.7 Å². The van der Waals surface area contributed by atoms with Gasteiger partial charge in [0.1, 0.15) is 21.7 Å². The fourth-order valence-electron chi connectivity index (χ4n) is 3.41. The maximum atomic E-state index is 13.2. The monoisotopic (exact) mass is 449 g/mol. The predicted molar refractivity (Wildman–Crippen MR) is 112 cm³/mol. The zero-order valence-corrected chi connectivity index (χ0v) is 17.6. The Bertz CT molecular complexity index is 1150. The van der Waals surface area contributed by atoms with Gasteiger partial charge in [-0.05, 0) is 49.4 Å². The molecule has 0 atom stereocenters. The molecule has 0 saturated carbocycles. The summed E-state index contributed by atoms with van der Waals surface area (Å²) >= 11 is 0.986. The van der Waals surface area contributed by atoms with Gasteiger partial charge in [-0.3, -0.25) is 9.69 Å². The third-order valence-electron chi connectivity index (χ3n) is 4.91. The Morgan fingerprint density at radius 1 is 1.07 bits per heavy atom. The molecule has 1 saturated heterocycles. The molecule has 0 aliphatic carbocycles. The summed E-state index contributed by atoms with van der Waals surface area (Å²) in [6, 6.07) is 10.5. The van der Waals surface area contributed by atoms with Crippen molar-refractivity contribution in [2.24, 2.45) is 0 Å². The molecular weight excluding hydrogens is 429 g/mol. The molecular formula is C19H20FN5O3S2. The van der Waals surface area contributed by atoms with E-state index in [-0.39, 0.29) is 29.7 Å². The molecule has 1 amide bonds. The second-order valence-electron chi connectivity index (χ2n) is 6.98. The van der Waals surface area contributed by atoms with Gasteiger partial charge < -0.3 is 5.32 Å². The highest BCUT2D eigenvalue weighted by Crippen LogP contribution is 2.25. The number of halogens is 1. The lowest BCUT2D eigenvalue weighted by atomic mass is 10.3. The molecule has 1 aromatic heterocycles. The van der Waals surface area contributed by atoms with Crippen molar-refractivity contribution in [2.75, 3.05) is 38.0 Å². The lowest BCUT2D eigenvalue weighted by molar-refractivity contribution is -0.117. The van der Waals surface area contributed by atoms with Gasteiger partial charge in [-0.25, -0.2) is 12.8 Å². The molecule has 0 radical (unpaired) electrons. The predicted octanol–water partition coefficient (Wildman–Crippen LogP) is 2.17. The van der Waals surface area contributed by atoms with Crippen LogP contribution in [0.3, 0.4) is 0 Å². The maximum absolute atomic E-state index is 13.2. The highest BCUT2D eigenvalue weighted by Gasteiger charge is 2.29. The van der Waals surface area contributed by atoms with Crippen molar-refractivity contribution in [3.05, 3.63) is 48.3 Å². The summed E-state index contributed by atoms with van der Waals surface area (Å²) in [7, 11) is -3.71. The van der Waals surface area contributed by atoms with Crippen molar-refractivity contribution in [3.8, 4) is 0 Å². The first-order valence-corrected chi connectivity index (χ1v) is 11.6. The molecule has 1 fully saturated rings. The number of carbonyl (C=O) groups excluding carboxylic acids is 1. The van der Waals surface area contributed by atoms with Gasteiger partial charge in [0.05, 0.1) is 18.3 Å². The highest BCUT2D eigenvalue weighted by atomic mass is 32.2. The third-order valence-corrected chi connectivity index (χ3v) is 7.38. The van der Waals surface area contributed by atoms with E-state index in [1.54, 1.807) is 18.2 Å². The molecule has 30 heavy (non-hydrogen) atoms. The largest absolute Gasteiger partial charge is 0.325 e. The first-order chi connectivity index (χ1) is 14.4. The third kappa shape index (κ3) is 4.48. The van der Waals surface area contributed by atoms with Crippen molar-refractivity contribution in [1.29, 1.82) is 0 Å². The summed E-state index contributed by atoms with van der Waals surface area (Å²) in [5, 5.41) is 2.73. The van der Waals surface area contributed by atoms with Crippen molar-refractivity contribution < 1.29 is 17.6 Å². The average molecular weight is 450 g/mol. The Balaban J connectivity index is 1.40. The summed E-state index contributed by atoms with van der Waals surface area (Å²) in [6.07, 6.45) is 0.606. The van der Waals surface area contributed by atoms with Crippen molar-refractivity contribution in [3.63, 3.8) is 0 Å². The Morgan fingerprint density at radius 2 is 1.87 bits per heavy atom. The summed E-state index contributed by atoms with van der Waals surface area (Å²) in [5.74, 6) is -0.595. The van der Waals surface area contributed by atoms with E-state index in [9.17, 15) is 17.6 Å². The summed E-state index contributed by atoms with van der Waals surface area (Å²) < 4.78 is 49.1. The van der Waals surface area contributed by atoms with E-state index in [4.69, 9.17) is 0 Å². The minimum atomic E-state index is -3.71. The van der Waals surface area contributed by atoms with Crippen molar-refractivity contribution in [1.82, 2.24) is 18.0 Å². The van der Waals surface area contributed by atoms with E-state index < -0.39 is 10.0 Å². The zero-order valence-electron chi connectivity index (χ0n) is 16.0. The number of sulfonamides is 1. The van der Waals surface area contributed by atoms with Crippen molar-refractivity contribution >= 4 is 44.4 Å². The van der Waals surface area contributed by atoms with Gasteiger partial charge in [0.15, 0.2) is 0 Å². The van der Waals surface area contributed by atoms with Gasteiger partial charge in [-0.1, -0.05) is 6.07 Å². The topological polar surface area (TPSA) is 95.5 Å². The number of rotatable bonds is 5. The van der Waals surface area contributed by atoms with Crippen LogP contribution in [0.15, 0.2) is 47.4 Å². The first kappa shape index (κ1) is 20.8. The average Bonchev–Trinajstić information content (AvgIpc) is 3.08. The minimum Gasteiger partial charge on any atom is -0.325 e. The summed E-state index contributed by atoms with van der Waals surface area (Å²) in [6.45, 7) is 1.82. The van der Waals surface area contributed by atoms with E-state index in [2.05, 4.69) is 14.1 Å². The number of benzene rings is 2. The van der Waals surface area contributed by atoms with Crippen molar-refractivity contribution in [2.45, 2.75) is 11.3 Å². The Hall–Kier alpha value is -2.47. The molecule has 1 N–H and O–H groups in total. The molecule has 11 heteroatoms. The lowest BCUT2D eigenvalue weighted by Gasteiger charge is -2.21. The van der Waals surface area contributed by atoms with Crippen LogP contribution in [0.2, 0.25) is 0 Å². The van der Waals surface area contributed by atoms with Crippen LogP contribution in [0, 0.1) is 5.82 Å². The lowest BCUT2D eigenvalue weighted by Crippen LogP contribution is -2.38. The second kappa shape index (κ2) is 8.72. The van der Waals surface area contributed by atoms with Gasteiger partial charge in [0.2, 0.25) is 15.9 Å². The summed E-state index contributed by atoms with van der Waals surface area (Å²) in [4.78, 5) is 14.4. The normalized spacial score (nSPS) is 16.4. The van der Waals surface area contributed by atoms with Crippen LogP contribution in [0.25, 0.3) is 11.0 Å². The number of fused-ring (bicyclic) bond motifs is 1. The molecule has 0 bridgehead atoms. The van der Waals surface area contributed by atoms with Gasteiger partial charge >= 0.3 is 0 Å². The fourth-order valence-corrected chi connectivity index (χ4v) is 5.63. The van der Waals surface area contributed by atoms with Crippen LogP contribution in [0.5, 0.6) is 0 Å². The first-order valence-electron chi connectivity index (χ1n) is 9.43. The molecule has 8 nitrogen and oxygen atoms in total. The van der Waals surface area contributed by atoms with Crippen LogP contribution in [-0.4, -0.2) is 65.0 Å². The number of nitrogens with zero attached hydrogens (tertiary/aromatic N) is 4. The van der Waals surface area contributed by atoms with Gasteiger partial charge in [0.25, 0.3) is 0 Å². The van der Waals surface area contributed by atoms with Crippen LogP contribution in [0.4, 0.5) is 10.1 Å². The molecule has 158 valence electrons. The van der Waals surface area contributed by atoms with E-state index in [1.807, 2.05) is 4.90 Å². The van der Waals surface area contributed by atoms with E-state index >= 15 is 0 Å². The number of hydrogen-bond acceptors (Lipinski definition) is 7. The molecule has 0 unspecified atom stereocenters. The van der Waals surface area contributed by atoms with Crippen LogP contribution < -0.4 is 5.32 Å². The van der Waals surface area contributed by atoms with Crippen LogP contribution in [0.1, 0.15) is 6.42 Å². The van der Waals surface area contributed by atoms with E-state index in [1.165, 1.54) is 28.6 Å². The molecule has 0 spiro atoms. The van der Waals surface area contributed by atoms with Crippen LogP contribution in [-0.2, 0) is 14.8 Å². The summed E-state index contributed by atoms with van der Waals surface area (Å²) in [5.41, 5.74) is 1.47. The van der Waals surface area contributed by atoms with E-state index in [0.29, 0.717) is 42.8 Å². The van der Waals surface area contributed by atoms with Crippen LogP contribution >= 0.6 is 11.7 Å². The highest BCUT2D eigenvalue weighted by molar-refractivity contribution is 7.89. The Labute approximate surface area is 177 Å². The smallest absolute Gasteiger partial charge is 0.245 e.